The van der Waals surface area contributed by atoms with Crippen LogP contribution in [0.15, 0.2) is 24.5 Å². The minimum Gasteiger partial charge on any atom is -0.453 e. The van der Waals surface area contributed by atoms with Gasteiger partial charge in [0.05, 0.1) is 19.2 Å². The van der Waals surface area contributed by atoms with E-state index in [-0.39, 0.29) is 23.5 Å². The summed E-state index contributed by atoms with van der Waals surface area (Å²) in [7, 11) is 1.40. The number of pyridine rings is 1. The molecular formula is C20H24N6O3. The number of carbonyl (C=O) groups excluding carboxylic acids is 2. The van der Waals surface area contributed by atoms with E-state index in [4.69, 9.17) is 4.74 Å². The second kappa shape index (κ2) is 6.82. The Morgan fingerprint density at radius 1 is 1.17 bits per heavy atom. The molecule has 0 unspecified atom stereocenters. The van der Waals surface area contributed by atoms with E-state index in [1.807, 2.05) is 17.0 Å². The van der Waals surface area contributed by atoms with Gasteiger partial charge in [0.15, 0.2) is 11.6 Å². The van der Waals surface area contributed by atoms with Crippen LogP contribution in [0.25, 0.3) is 11.4 Å². The fourth-order valence-corrected chi connectivity index (χ4v) is 4.62. The number of nitrogens with zero attached hydrogens (tertiary/aromatic N) is 6. The van der Waals surface area contributed by atoms with Crippen molar-refractivity contribution in [1.82, 2.24) is 29.5 Å². The van der Waals surface area contributed by atoms with Crippen LogP contribution in [-0.4, -0.2) is 68.3 Å². The number of hydrogen-bond donors (Lipinski definition) is 0. The van der Waals surface area contributed by atoms with E-state index in [1.165, 1.54) is 7.11 Å². The number of fused-ring (bicyclic) bond motifs is 2. The highest BCUT2D eigenvalue weighted by molar-refractivity contribution is 5.81. The molecule has 9 heteroatoms. The molecule has 2 aromatic rings. The van der Waals surface area contributed by atoms with Gasteiger partial charge in [-0.05, 0) is 37.8 Å². The van der Waals surface area contributed by atoms with Crippen LogP contribution >= 0.6 is 0 Å². The predicted molar refractivity (Wildman–Crippen MR) is 103 cm³/mol. The zero-order valence-corrected chi connectivity index (χ0v) is 16.5. The van der Waals surface area contributed by atoms with Gasteiger partial charge in [0.1, 0.15) is 0 Å². The monoisotopic (exact) mass is 396 g/mol. The van der Waals surface area contributed by atoms with Gasteiger partial charge >= 0.3 is 6.09 Å². The van der Waals surface area contributed by atoms with Crippen LogP contribution in [0.2, 0.25) is 0 Å². The minimum atomic E-state index is -0.364. The molecule has 2 amide bonds. The largest absolute Gasteiger partial charge is 0.453 e. The molecular weight excluding hydrogens is 372 g/mol. The first kappa shape index (κ1) is 18.1. The molecule has 0 bridgehead atoms. The first-order valence-corrected chi connectivity index (χ1v) is 10.1. The lowest BCUT2D eigenvalue weighted by Gasteiger charge is -2.48. The predicted octanol–water partition coefficient (Wildman–Crippen LogP) is 1.65. The van der Waals surface area contributed by atoms with Crippen molar-refractivity contribution in [3.8, 4) is 11.4 Å². The number of ether oxygens (including phenoxy) is 1. The molecule has 1 saturated heterocycles. The fourth-order valence-electron chi connectivity index (χ4n) is 4.62. The average Bonchev–Trinajstić information content (AvgIpc) is 3.52. The van der Waals surface area contributed by atoms with Crippen molar-refractivity contribution < 1.29 is 14.3 Å². The van der Waals surface area contributed by atoms with Gasteiger partial charge in [-0.15, -0.1) is 10.2 Å². The molecule has 0 N–H and O–H groups in total. The second-order valence-electron chi connectivity index (χ2n) is 8.17. The zero-order chi connectivity index (χ0) is 20.0. The van der Waals surface area contributed by atoms with Gasteiger partial charge in [0.2, 0.25) is 5.91 Å². The summed E-state index contributed by atoms with van der Waals surface area (Å²) in [5.41, 5.74) is 0.533. The number of rotatable bonds is 2. The third kappa shape index (κ3) is 3.04. The lowest BCUT2D eigenvalue weighted by molar-refractivity contribution is -0.135. The van der Waals surface area contributed by atoms with Crippen LogP contribution in [0, 0.1) is 5.92 Å². The van der Waals surface area contributed by atoms with Gasteiger partial charge in [-0.2, -0.15) is 0 Å². The summed E-state index contributed by atoms with van der Waals surface area (Å²) in [6, 6.07) is 3.85. The molecule has 2 aliphatic heterocycles. The van der Waals surface area contributed by atoms with Gasteiger partial charge in [-0.25, -0.2) is 4.79 Å². The maximum Gasteiger partial charge on any atom is 0.409 e. The Labute approximate surface area is 168 Å². The molecule has 1 saturated carbocycles. The molecule has 152 valence electrons. The number of aromatic nitrogens is 4. The standard InChI is InChI=1S/C20H24N6O3/c1-29-19(28)25-12-16-22-23-17(15-3-2-8-21-11-15)26(16)20(13-25)6-9-24(10-7-20)18(27)14-4-5-14/h2-3,8,11,14H,4-7,9-10,12-13H2,1H3. The maximum absolute atomic E-state index is 12.5. The highest BCUT2D eigenvalue weighted by Gasteiger charge is 2.47. The quantitative estimate of drug-likeness (QED) is 0.766. The Morgan fingerprint density at radius 3 is 2.62 bits per heavy atom. The van der Waals surface area contributed by atoms with Crippen molar-refractivity contribution in [3.63, 3.8) is 0 Å². The minimum absolute atomic E-state index is 0.221. The van der Waals surface area contributed by atoms with Gasteiger partial charge in [0.25, 0.3) is 0 Å². The highest BCUT2D eigenvalue weighted by Crippen LogP contribution is 2.40. The first-order valence-electron chi connectivity index (χ1n) is 10.1. The van der Waals surface area contributed by atoms with Crippen molar-refractivity contribution in [1.29, 1.82) is 0 Å². The second-order valence-corrected chi connectivity index (χ2v) is 8.17. The maximum atomic E-state index is 12.5. The van der Waals surface area contributed by atoms with E-state index in [2.05, 4.69) is 19.7 Å². The highest BCUT2D eigenvalue weighted by atomic mass is 16.5. The molecule has 0 atom stereocenters. The van der Waals surface area contributed by atoms with Gasteiger partial charge in [0, 0.05) is 43.5 Å². The van der Waals surface area contributed by atoms with Crippen molar-refractivity contribution >= 4 is 12.0 Å². The van der Waals surface area contributed by atoms with Gasteiger partial charge < -0.3 is 14.2 Å². The van der Waals surface area contributed by atoms with Crippen LogP contribution in [0.3, 0.4) is 0 Å². The van der Waals surface area contributed by atoms with E-state index in [0.29, 0.717) is 26.2 Å². The van der Waals surface area contributed by atoms with E-state index in [9.17, 15) is 9.59 Å². The average molecular weight is 396 g/mol. The Balaban J connectivity index is 1.51. The molecule has 4 heterocycles. The summed E-state index contributed by atoms with van der Waals surface area (Å²) in [4.78, 5) is 32.7. The lowest BCUT2D eigenvalue weighted by atomic mass is 9.84. The molecule has 1 aliphatic carbocycles. The summed E-state index contributed by atoms with van der Waals surface area (Å²) in [5.74, 6) is 2.00. The molecule has 5 rings (SSSR count). The molecule has 0 aromatic carbocycles. The first-order chi connectivity index (χ1) is 14.1. The molecule has 29 heavy (non-hydrogen) atoms. The van der Waals surface area contributed by atoms with Crippen LogP contribution in [-0.2, 0) is 21.6 Å². The molecule has 1 spiro atoms. The molecule has 2 fully saturated rings. The summed E-state index contributed by atoms with van der Waals surface area (Å²) in [5, 5.41) is 8.84. The summed E-state index contributed by atoms with van der Waals surface area (Å²) in [6.45, 7) is 2.22. The van der Waals surface area contributed by atoms with E-state index in [0.717, 1.165) is 42.9 Å². The SMILES string of the molecule is COC(=O)N1Cc2nnc(-c3cccnc3)n2C2(CCN(C(=O)C3CC3)CC2)C1. The fraction of sp³-hybridized carbons (Fsp3) is 0.550. The van der Waals surface area contributed by atoms with E-state index < -0.39 is 0 Å². The topological polar surface area (TPSA) is 93.5 Å². The van der Waals surface area contributed by atoms with Crippen molar-refractivity contribution in [2.24, 2.45) is 5.92 Å². The smallest absolute Gasteiger partial charge is 0.409 e. The van der Waals surface area contributed by atoms with E-state index >= 15 is 0 Å². The van der Waals surface area contributed by atoms with E-state index in [1.54, 1.807) is 17.3 Å². The number of amides is 2. The summed E-state index contributed by atoms with van der Waals surface area (Å²) >= 11 is 0. The Kier molecular flexibility index (Phi) is 4.25. The molecule has 2 aromatic heterocycles. The Hall–Kier alpha value is -2.97. The zero-order valence-electron chi connectivity index (χ0n) is 16.5. The molecule has 9 nitrogen and oxygen atoms in total. The number of likely N-dealkylation sites (tertiary alicyclic amines) is 1. The normalized spacial score (nSPS) is 20.4. The Bertz CT molecular complexity index is 931. The number of hydrogen-bond acceptors (Lipinski definition) is 6. The van der Waals surface area contributed by atoms with Crippen molar-refractivity contribution in [3.05, 3.63) is 30.4 Å². The summed E-state index contributed by atoms with van der Waals surface area (Å²) in [6.07, 6.45) is 6.67. The van der Waals surface area contributed by atoms with Crippen LogP contribution in [0.4, 0.5) is 4.79 Å². The van der Waals surface area contributed by atoms with Crippen LogP contribution in [0.1, 0.15) is 31.5 Å². The van der Waals surface area contributed by atoms with Crippen molar-refractivity contribution in [2.45, 2.75) is 37.8 Å². The number of methoxy groups -OCH3 is 1. The lowest BCUT2D eigenvalue weighted by Crippen LogP contribution is -2.57. The molecule has 0 radical (unpaired) electrons. The third-order valence-corrected chi connectivity index (χ3v) is 6.31. The van der Waals surface area contributed by atoms with Crippen molar-refractivity contribution in [2.75, 3.05) is 26.7 Å². The summed E-state index contributed by atoms with van der Waals surface area (Å²) < 4.78 is 7.17. The third-order valence-electron chi connectivity index (χ3n) is 6.31. The molecule has 3 aliphatic rings. The van der Waals surface area contributed by atoms with Gasteiger partial charge in [-0.1, -0.05) is 0 Å². The Morgan fingerprint density at radius 2 is 1.97 bits per heavy atom. The number of carbonyl (C=O) groups is 2. The van der Waals surface area contributed by atoms with Gasteiger partial charge in [-0.3, -0.25) is 14.7 Å². The van der Waals surface area contributed by atoms with Crippen LogP contribution in [0.5, 0.6) is 0 Å². The number of piperidine rings is 1. The van der Waals surface area contributed by atoms with Crippen LogP contribution < -0.4 is 0 Å².